The summed E-state index contributed by atoms with van der Waals surface area (Å²) in [6, 6.07) is 0. The highest BCUT2D eigenvalue weighted by Crippen LogP contribution is 2.55. The molecule has 590 valence electrons. The van der Waals surface area contributed by atoms with Crippen LogP contribution < -0.4 is 0 Å². The number of nitrogens with one attached hydrogen (secondary N) is 2. The minimum absolute atomic E-state index is 0.744. The second-order valence-electron chi connectivity index (χ2n) is 22.7. The maximum absolute atomic E-state index is 17.4. The highest BCUT2D eigenvalue weighted by molar-refractivity contribution is 6.07. The Morgan fingerprint density at radius 1 is 0.105 bits per heavy atom. The van der Waals surface area contributed by atoms with E-state index < -0.39 is 379 Å². The Bertz CT molecular complexity index is 5740. The van der Waals surface area contributed by atoms with E-state index in [1.807, 2.05) is 0 Å². The van der Waals surface area contributed by atoms with Crippen molar-refractivity contribution in [3.05, 3.63) is 243 Å². The Balaban J connectivity index is 1.47. The lowest BCUT2D eigenvalue weighted by Crippen LogP contribution is -2.07. The van der Waals surface area contributed by atoms with Gasteiger partial charge >= 0.3 is 0 Å². The van der Waals surface area contributed by atoms with Crippen LogP contribution in [0.1, 0.15) is 45.6 Å². The molecule has 3 aromatic heterocycles. The molecule has 0 fully saturated rings. The Morgan fingerprint density at radius 3 is 0.325 bits per heavy atom. The highest BCUT2D eigenvalue weighted by Gasteiger charge is 2.46. The quantitative estimate of drug-likeness (QED) is 0.0987. The maximum Gasteiger partial charge on any atom is 0.200 e. The normalized spacial score (nSPS) is 13.2. The van der Waals surface area contributed by atoms with Gasteiger partial charge in [0.2, 0.25) is 34.9 Å². The Hall–Kier alpha value is -12.7. The lowest BCUT2D eigenvalue weighted by atomic mass is 9.99. The number of H-pyrrole nitrogens is 2. The number of fused-ring (bicyclic) bond motifs is 12. The molecule has 2 N–H and O–H groups in total. The zero-order chi connectivity index (χ0) is 84.3. The van der Waals surface area contributed by atoms with Gasteiger partial charge in [-0.15, -0.1) is 0 Å². The van der Waals surface area contributed by atoms with Gasteiger partial charge in [-0.1, -0.05) is 0 Å². The first-order valence-electron chi connectivity index (χ1n) is 28.7. The topological polar surface area (TPSA) is 83.1 Å². The molecule has 7 heterocycles. The summed E-state index contributed by atoms with van der Waals surface area (Å²) in [6.07, 6.45) is 0. The van der Waals surface area contributed by atoms with Gasteiger partial charge in [0.1, 0.15) is 45.6 Å². The van der Waals surface area contributed by atoms with Gasteiger partial charge in [-0.25, -0.2) is 204 Å². The summed E-state index contributed by atoms with van der Waals surface area (Å²) in [5, 5.41) is 0. The molecule has 0 amide bonds. The largest absolute Gasteiger partial charge is 0.349 e. The fourth-order valence-electron chi connectivity index (χ4n) is 11.7. The van der Waals surface area contributed by atoms with Crippen LogP contribution in [-0.2, 0) is 0 Å². The lowest BCUT2D eigenvalue weighted by Gasteiger charge is -2.12. The van der Waals surface area contributed by atoms with Gasteiger partial charge in [-0.2, -0.15) is 0 Å². The van der Waals surface area contributed by atoms with Crippen LogP contribution in [0.3, 0.4) is 0 Å². The highest BCUT2D eigenvalue weighted by atomic mass is 19.2. The van der Waals surface area contributed by atoms with Gasteiger partial charge in [0.15, 0.2) is 209 Å². The molecule has 4 aliphatic rings. The molecule has 13 rings (SSSR count). The van der Waals surface area contributed by atoms with Crippen molar-refractivity contribution >= 4 is 68.7 Å². The smallest absolute Gasteiger partial charge is 0.200 e. The summed E-state index contributed by atoms with van der Waals surface area (Å²) in [5.74, 6) is -153. The average molecular weight is 1680 g/mol. The number of nitrogens with zero attached hydrogens (tertiary/aromatic N) is 4. The summed E-state index contributed by atoms with van der Waals surface area (Å²) in [4.78, 5) is 12.2. The number of rotatable bonds is 6. The molecule has 114 heavy (non-hydrogen) atoms. The van der Waals surface area contributed by atoms with Crippen molar-refractivity contribution in [3.8, 4) is 66.8 Å². The Kier molecular flexibility index (Phi) is 18.8. The summed E-state index contributed by atoms with van der Waals surface area (Å²) in [6.45, 7) is 0. The summed E-state index contributed by atoms with van der Waals surface area (Å²) in [7, 11) is 0. The second-order valence-corrected chi connectivity index (χ2v) is 22.7. The molecule has 0 saturated carbocycles. The molecule has 0 spiro atoms. The van der Waals surface area contributed by atoms with Crippen LogP contribution >= 0.6 is 0 Å². The molecule has 0 aliphatic carbocycles. The van der Waals surface area contributed by atoms with Gasteiger partial charge in [-0.05, 0) is 0 Å². The van der Waals surface area contributed by atoms with Gasteiger partial charge in [0, 0.05) is 33.4 Å². The molecule has 12 bridgehead atoms. The number of hydrogen-bond acceptors (Lipinski definition) is 4. The predicted octanol–water partition coefficient (Wildman–Crippen LogP) is 23.8. The van der Waals surface area contributed by atoms with Crippen LogP contribution in [0.4, 0.5) is 184 Å². The number of halogens is 42. The van der Waals surface area contributed by atoms with Crippen LogP contribution in [0.2, 0.25) is 0 Å². The molecule has 6 aromatic carbocycles. The second kappa shape index (κ2) is 27.0. The fraction of sp³-hybridized carbons (Fsp3) is 0. The predicted molar refractivity (Wildman–Crippen MR) is 299 cm³/mol. The third kappa shape index (κ3) is 10.7. The molecular weight excluding hydrogens is 1670 g/mol. The van der Waals surface area contributed by atoms with E-state index in [0.29, 0.717) is 0 Å². The zero-order valence-electron chi connectivity index (χ0n) is 51.7. The summed E-state index contributed by atoms with van der Waals surface area (Å²) in [5.41, 5.74) is -78.6. The van der Waals surface area contributed by atoms with Gasteiger partial charge < -0.3 is 9.97 Å². The first-order valence-corrected chi connectivity index (χ1v) is 28.7. The van der Waals surface area contributed by atoms with E-state index in [1.54, 1.807) is 0 Å². The minimum Gasteiger partial charge on any atom is -0.349 e. The van der Waals surface area contributed by atoms with Gasteiger partial charge in [-0.3, -0.25) is 0 Å². The molecule has 0 radical (unpaired) electrons. The lowest BCUT2D eigenvalue weighted by molar-refractivity contribution is 0.381. The molecule has 0 atom stereocenters. The third-order valence-corrected chi connectivity index (χ3v) is 16.7. The van der Waals surface area contributed by atoms with E-state index in [-0.39, 0.29) is 0 Å². The molecule has 4 aliphatic heterocycles. The van der Waals surface area contributed by atoms with Crippen molar-refractivity contribution in [2.24, 2.45) is 0 Å². The van der Waals surface area contributed by atoms with E-state index in [0.717, 1.165) is 9.97 Å². The van der Waals surface area contributed by atoms with Gasteiger partial charge in [0.25, 0.3) is 0 Å². The minimum atomic E-state index is -3.71. The van der Waals surface area contributed by atoms with Crippen molar-refractivity contribution in [2.75, 3.05) is 0 Å². The SMILES string of the molecule is FC1=C(F)c2nc1c(-c1c(F)c(F)c(F)c(F)c1F)c1nc(c(-c3c(F)c(F)c(F)c(F)c3F)c3[nH]c(c(F)c3F)c(-c3c(F)c(F)c(F)c(F)c3F)c3nc(c(-c4c(F)c(F)c(F)c(F)c4F)c4nc(c(-c5c(F)c(F)c(F)c(F)c5F)c5[nH]c(c(F)c5F)c2-c2c(F)c(F)c(F)c(F)c2F)C(F)=C4F)C(F)=C3F)C(F)=C1F. The maximum atomic E-state index is 17.4. The number of hydrogen-bond donors (Lipinski definition) is 2. The molecule has 6 nitrogen and oxygen atoms in total. The van der Waals surface area contributed by atoms with Crippen molar-refractivity contribution in [1.29, 1.82) is 0 Å². The first-order chi connectivity index (χ1) is 53.1. The van der Waals surface area contributed by atoms with Crippen LogP contribution in [-0.4, -0.2) is 29.9 Å². The average Bonchev–Trinajstić information content (AvgIpc) is 1.56. The van der Waals surface area contributed by atoms with Gasteiger partial charge in [0.05, 0.1) is 55.4 Å². The number of aromatic nitrogens is 6. The van der Waals surface area contributed by atoms with E-state index in [4.69, 9.17) is 0 Å². The molecule has 9 aromatic rings. The van der Waals surface area contributed by atoms with E-state index in [1.165, 1.54) is 0 Å². The fourth-order valence-corrected chi connectivity index (χ4v) is 11.7. The molecule has 0 saturated heterocycles. The Labute approximate surface area is 592 Å². The first kappa shape index (κ1) is 79.4. The van der Waals surface area contributed by atoms with E-state index in [9.17, 15) is 26.3 Å². The van der Waals surface area contributed by atoms with Crippen molar-refractivity contribution in [1.82, 2.24) is 29.9 Å². The van der Waals surface area contributed by atoms with Crippen molar-refractivity contribution < 1.29 is 184 Å². The monoisotopic (exact) mass is 1680 g/mol. The van der Waals surface area contributed by atoms with E-state index in [2.05, 4.69) is 19.9 Å². The summed E-state index contributed by atoms with van der Waals surface area (Å²) < 4.78 is 682. The number of aromatic amines is 2. The van der Waals surface area contributed by atoms with Crippen molar-refractivity contribution in [2.45, 2.75) is 0 Å². The molecule has 0 unspecified atom stereocenters. The van der Waals surface area contributed by atoms with Crippen LogP contribution in [0.5, 0.6) is 0 Å². The third-order valence-electron chi connectivity index (χ3n) is 16.7. The van der Waals surface area contributed by atoms with Crippen LogP contribution in [0.15, 0.2) is 0 Å². The van der Waals surface area contributed by atoms with Crippen LogP contribution in [0.25, 0.3) is 135 Å². The number of benzene rings is 6. The molecule has 48 heteroatoms. The molecular formula is C66H2F42N6. The zero-order valence-corrected chi connectivity index (χ0v) is 51.7. The Morgan fingerprint density at radius 2 is 0.202 bits per heavy atom. The van der Waals surface area contributed by atoms with Crippen molar-refractivity contribution in [3.63, 3.8) is 0 Å². The summed E-state index contributed by atoms with van der Waals surface area (Å²) >= 11 is 0. The standard InChI is InChI=1S/C66H2F42N6/c67-13-1(14(68)26(80)37(91)25(13)79)7-55-43(97)45(99)57(109-55)8(2-15(69)27(81)38(92)28(82)16(2)70)59-47(101)49(103)61(111-59)10(4-19(73)31(85)40(94)32(86)20(4)74)63-51(105)53(107)65(113-63)12(6-23(77)35(89)42(96)36(90)24(6)78)66-54(108)52(106)64(114-66)11(5-21(75)33(87)41(95)34(88)22(5)76)62-50(104)48(102)60(112-62)9(58-46(100)44(98)56(7)110-58)3-17(71)29(83)39(93)30(84)18(3)72/h109,114H. The van der Waals surface area contributed by atoms with Crippen LogP contribution in [0, 0.1) is 198 Å². The van der Waals surface area contributed by atoms with E-state index >= 15 is 158 Å².